The average Bonchev–Trinajstić information content (AvgIpc) is 2.51. The van der Waals surface area contributed by atoms with E-state index in [9.17, 15) is 4.79 Å². The third kappa shape index (κ3) is 4.03. The maximum Gasteiger partial charge on any atom is 0.176 e. The Balaban J connectivity index is 2.01. The van der Waals surface area contributed by atoms with Gasteiger partial charge in [-0.15, -0.1) is 0 Å². The van der Waals surface area contributed by atoms with Gasteiger partial charge in [-0.2, -0.15) is 0 Å². The van der Waals surface area contributed by atoms with Gasteiger partial charge in [-0.25, -0.2) is 0 Å². The molecule has 1 fully saturated rings. The Bertz CT molecular complexity index is 450. The van der Waals surface area contributed by atoms with Crippen molar-refractivity contribution in [3.63, 3.8) is 0 Å². The van der Waals surface area contributed by atoms with Crippen LogP contribution in [0.25, 0.3) is 0 Å². The Morgan fingerprint density at radius 1 is 1.42 bits per heavy atom. The van der Waals surface area contributed by atoms with Crippen molar-refractivity contribution in [2.45, 2.75) is 19.4 Å². The van der Waals surface area contributed by atoms with E-state index in [1.54, 1.807) is 12.1 Å². The van der Waals surface area contributed by atoms with Crippen LogP contribution in [0.5, 0.6) is 0 Å². The molecule has 0 saturated carbocycles. The number of hydrogen-bond donors (Lipinski definition) is 0. The zero-order valence-corrected chi connectivity index (χ0v) is 12.4. The summed E-state index contributed by atoms with van der Waals surface area (Å²) in [6.45, 7) is 5.77. The van der Waals surface area contributed by atoms with E-state index in [1.165, 1.54) is 0 Å². The number of hydrogen-bond acceptors (Lipinski definition) is 3. The molecule has 0 aliphatic carbocycles. The maximum atomic E-state index is 12.3. The number of likely N-dealkylation sites (N-methyl/N-ethyl adjacent to an activating group) is 1. The Morgan fingerprint density at radius 2 is 2.21 bits per heavy atom. The Kier molecular flexibility index (Phi) is 4.97. The van der Waals surface area contributed by atoms with Crippen LogP contribution in [0.15, 0.2) is 24.3 Å². The van der Waals surface area contributed by atoms with Crippen molar-refractivity contribution in [1.29, 1.82) is 0 Å². The second kappa shape index (κ2) is 6.51. The zero-order valence-electron chi connectivity index (χ0n) is 11.6. The lowest BCUT2D eigenvalue weighted by Gasteiger charge is -2.27. The predicted octanol–water partition coefficient (Wildman–Crippen LogP) is 2.55. The lowest BCUT2D eigenvalue weighted by atomic mass is 10.1. The molecule has 0 amide bonds. The second-order valence-corrected chi connectivity index (χ2v) is 5.81. The molecule has 1 unspecified atom stereocenters. The number of carbonyl (C=O) groups is 1. The smallest absolute Gasteiger partial charge is 0.176 e. The quantitative estimate of drug-likeness (QED) is 0.795. The van der Waals surface area contributed by atoms with Gasteiger partial charge in [-0.05, 0) is 39.1 Å². The minimum absolute atomic E-state index is 0.152. The molecule has 4 heteroatoms. The molecule has 1 saturated heterocycles. The SMILES string of the molecule is CC1CN(C)CCCN1CC(=O)c1cccc(Cl)c1. The van der Waals surface area contributed by atoms with Crippen LogP contribution >= 0.6 is 11.6 Å². The van der Waals surface area contributed by atoms with Crippen molar-refractivity contribution >= 4 is 17.4 Å². The van der Waals surface area contributed by atoms with Gasteiger partial charge in [0.25, 0.3) is 0 Å². The number of benzene rings is 1. The summed E-state index contributed by atoms with van der Waals surface area (Å²) >= 11 is 5.93. The lowest BCUT2D eigenvalue weighted by molar-refractivity contribution is 0.0900. The Hall–Kier alpha value is -0.900. The molecule has 1 aromatic carbocycles. The summed E-state index contributed by atoms with van der Waals surface area (Å²) < 4.78 is 0. The summed E-state index contributed by atoms with van der Waals surface area (Å²) in [7, 11) is 2.14. The first kappa shape index (κ1) is 14.5. The van der Waals surface area contributed by atoms with Gasteiger partial charge in [0.1, 0.15) is 0 Å². The van der Waals surface area contributed by atoms with Gasteiger partial charge in [0.2, 0.25) is 0 Å². The molecular weight excluding hydrogens is 260 g/mol. The molecule has 1 aliphatic rings. The first-order valence-corrected chi connectivity index (χ1v) is 7.15. The van der Waals surface area contributed by atoms with Crippen LogP contribution < -0.4 is 0 Å². The molecule has 0 N–H and O–H groups in total. The first-order valence-electron chi connectivity index (χ1n) is 6.77. The Labute approximate surface area is 120 Å². The summed E-state index contributed by atoms with van der Waals surface area (Å²) in [4.78, 5) is 16.9. The zero-order chi connectivity index (χ0) is 13.8. The fourth-order valence-electron chi connectivity index (χ4n) is 2.59. The van der Waals surface area contributed by atoms with Crippen LogP contribution in [0.2, 0.25) is 5.02 Å². The molecule has 19 heavy (non-hydrogen) atoms. The van der Waals surface area contributed by atoms with Crippen molar-refractivity contribution in [3.05, 3.63) is 34.9 Å². The van der Waals surface area contributed by atoms with Gasteiger partial charge in [-0.1, -0.05) is 23.7 Å². The third-order valence-electron chi connectivity index (χ3n) is 3.68. The van der Waals surface area contributed by atoms with E-state index in [-0.39, 0.29) is 5.78 Å². The monoisotopic (exact) mass is 280 g/mol. The molecule has 1 atom stereocenters. The molecule has 0 spiro atoms. The highest BCUT2D eigenvalue weighted by Gasteiger charge is 2.22. The summed E-state index contributed by atoms with van der Waals surface area (Å²) in [5, 5.41) is 0.620. The van der Waals surface area contributed by atoms with Crippen LogP contribution in [0, 0.1) is 0 Å². The van der Waals surface area contributed by atoms with E-state index in [0.29, 0.717) is 23.2 Å². The first-order chi connectivity index (χ1) is 9.06. The standard InChI is InChI=1S/C15H21ClN2O/c1-12-10-17(2)7-4-8-18(12)11-15(19)13-5-3-6-14(16)9-13/h3,5-6,9,12H,4,7-8,10-11H2,1-2H3. The molecule has 104 valence electrons. The van der Waals surface area contributed by atoms with Gasteiger partial charge in [-0.3, -0.25) is 9.69 Å². The fraction of sp³-hybridized carbons (Fsp3) is 0.533. The molecule has 3 nitrogen and oxygen atoms in total. The molecule has 1 aliphatic heterocycles. The van der Waals surface area contributed by atoms with Crippen LogP contribution in [0.1, 0.15) is 23.7 Å². The number of ketones is 1. The summed E-state index contributed by atoms with van der Waals surface area (Å²) in [6.07, 6.45) is 1.11. The molecule has 0 bridgehead atoms. The normalized spacial score (nSPS) is 22.2. The summed E-state index contributed by atoms with van der Waals surface area (Å²) in [6, 6.07) is 7.62. The van der Waals surface area contributed by atoms with Crippen LogP contribution in [-0.4, -0.2) is 54.9 Å². The second-order valence-electron chi connectivity index (χ2n) is 5.37. The highest BCUT2D eigenvalue weighted by Crippen LogP contribution is 2.14. The predicted molar refractivity (Wildman–Crippen MR) is 78.9 cm³/mol. The summed E-state index contributed by atoms with van der Waals surface area (Å²) in [5.41, 5.74) is 0.706. The van der Waals surface area contributed by atoms with E-state index >= 15 is 0 Å². The van der Waals surface area contributed by atoms with Gasteiger partial charge in [0, 0.05) is 29.7 Å². The molecule has 1 aromatic rings. The van der Waals surface area contributed by atoms with E-state index in [0.717, 1.165) is 26.1 Å². The highest BCUT2D eigenvalue weighted by atomic mass is 35.5. The van der Waals surface area contributed by atoms with E-state index in [1.807, 2.05) is 12.1 Å². The molecule has 0 radical (unpaired) electrons. The number of carbonyl (C=O) groups excluding carboxylic acids is 1. The minimum atomic E-state index is 0.152. The van der Waals surface area contributed by atoms with E-state index in [2.05, 4.69) is 23.8 Å². The molecular formula is C15H21ClN2O. The fourth-order valence-corrected chi connectivity index (χ4v) is 2.78. The van der Waals surface area contributed by atoms with Crippen molar-refractivity contribution < 1.29 is 4.79 Å². The minimum Gasteiger partial charge on any atom is -0.305 e. The third-order valence-corrected chi connectivity index (χ3v) is 3.91. The van der Waals surface area contributed by atoms with Crippen LogP contribution in [0.4, 0.5) is 0 Å². The lowest BCUT2D eigenvalue weighted by Crippen LogP contribution is -2.40. The van der Waals surface area contributed by atoms with Gasteiger partial charge < -0.3 is 4.90 Å². The van der Waals surface area contributed by atoms with E-state index < -0.39 is 0 Å². The molecule has 0 aromatic heterocycles. The number of nitrogens with zero attached hydrogens (tertiary/aromatic N) is 2. The average molecular weight is 281 g/mol. The van der Waals surface area contributed by atoms with Gasteiger partial charge >= 0.3 is 0 Å². The van der Waals surface area contributed by atoms with Crippen molar-refractivity contribution in [2.75, 3.05) is 33.2 Å². The van der Waals surface area contributed by atoms with Crippen molar-refractivity contribution in [1.82, 2.24) is 9.80 Å². The van der Waals surface area contributed by atoms with Crippen molar-refractivity contribution in [2.24, 2.45) is 0 Å². The van der Waals surface area contributed by atoms with Crippen LogP contribution in [0.3, 0.4) is 0 Å². The molecule has 2 rings (SSSR count). The van der Waals surface area contributed by atoms with Crippen molar-refractivity contribution in [3.8, 4) is 0 Å². The number of Topliss-reactive ketones (excluding diaryl/α,β-unsaturated/α-hetero) is 1. The number of rotatable bonds is 3. The maximum absolute atomic E-state index is 12.3. The largest absolute Gasteiger partial charge is 0.305 e. The van der Waals surface area contributed by atoms with Gasteiger partial charge in [0.05, 0.1) is 6.54 Å². The number of halogens is 1. The molecule has 1 heterocycles. The highest BCUT2D eigenvalue weighted by molar-refractivity contribution is 6.31. The van der Waals surface area contributed by atoms with Gasteiger partial charge in [0.15, 0.2) is 5.78 Å². The van der Waals surface area contributed by atoms with Crippen LogP contribution in [-0.2, 0) is 0 Å². The van der Waals surface area contributed by atoms with E-state index in [4.69, 9.17) is 11.6 Å². The topological polar surface area (TPSA) is 23.6 Å². The Morgan fingerprint density at radius 3 is 2.95 bits per heavy atom. The summed E-state index contributed by atoms with van der Waals surface area (Å²) in [5.74, 6) is 0.152.